The van der Waals surface area contributed by atoms with Crippen LogP contribution in [0.25, 0.3) is 5.95 Å². The summed E-state index contributed by atoms with van der Waals surface area (Å²) in [6, 6.07) is 1.91. The average molecular weight is 302 g/mol. The van der Waals surface area contributed by atoms with Gasteiger partial charge in [-0.1, -0.05) is 0 Å². The van der Waals surface area contributed by atoms with Gasteiger partial charge in [0.1, 0.15) is 0 Å². The summed E-state index contributed by atoms with van der Waals surface area (Å²) in [5.74, 6) is 0.476. The molecule has 0 unspecified atom stereocenters. The number of carbonyl (C=O) groups is 1. The van der Waals surface area contributed by atoms with E-state index >= 15 is 0 Å². The van der Waals surface area contributed by atoms with E-state index in [0.29, 0.717) is 19.0 Å². The third-order valence-electron chi connectivity index (χ3n) is 3.40. The van der Waals surface area contributed by atoms with Crippen molar-refractivity contribution < 1.29 is 4.79 Å². The Morgan fingerprint density at radius 1 is 1.23 bits per heavy atom. The van der Waals surface area contributed by atoms with Crippen LogP contribution in [-0.2, 0) is 11.2 Å². The molecule has 0 aliphatic heterocycles. The topological polar surface area (TPSA) is 98.7 Å². The minimum Gasteiger partial charge on any atom is -0.355 e. The Morgan fingerprint density at radius 2 is 1.86 bits per heavy atom. The molecule has 1 amide bonds. The highest BCUT2D eigenvalue weighted by atomic mass is 16.1. The lowest BCUT2D eigenvalue weighted by Crippen LogP contribution is -2.30. The van der Waals surface area contributed by atoms with Gasteiger partial charge in [-0.2, -0.15) is 5.10 Å². The Bertz CT molecular complexity index is 671. The smallest absolute Gasteiger partial charge is 0.251 e. The molecule has 0 saturated carbocycles. The highest BCUT2D eigenvalue weighted by Crippen LogP contribution is 2.17. The van der Waals surface area contributed by atoms with Gasteiger partial charge < -0.3 is 11.1 Å². The van der Waals surface area contributed by atoms with Crippen LogP contribution >= 0.6 is 0 Å². The van der Waals surface area contributed by atoms with Crippen molar-refractivity contribution in [1.29, 1.82) is 0 Å². The van der Waals surface area contributed by atoms with E-state index < -0.39 is 0 Å². The third kappa shape index (κ3) is 3.48. The number of aryl methyl sites for hydroxylation is 3. The Morgan fingerprint density at radius 3 is 2.45 bits per heavy atom. The highest BCUT2D eigenvalue weighted by Gasteiger charge is 2.17. The number of amides is 1. The van der Waals surface area contributed by atoms with Gasteiger partial charge in [0.25, 0.3) is 5.95 Å². The van der Waals surface area contributed by atoms with Crippen molar-refractivity contribution in [1.82, 2.24) is 25.1 Å². The minimum atomic E-state index is -0.0578. The average Bonchev–Trinajstić information content (AvgIpc) is 2.72. The molecule has 0 atom stereocenters. The Labute approximate surface area is 130 Å². The maximum absolute atomic E-state index is 11.9. The van der Waals surface area contributed by atoms with Crippen molar-refractivity contribution in [2.75, 3.05) is 13.1 Å². The summed E-state index contributed by atoms with van der Waals surface area (Å²) in [4.78, 5) is 20.7. The molecule has 0 aromatic carbocycles. The van der Waals surface area contributed by atoms with Crippen molar-refractivity contribution in [3.8, 4) is 5.95 Å². The highest BCUT2D eigenvalue weighted by molar-refractivity contribution is 5.79. The summed E-state index contributed by atoms with van der Waals surface area (Å²) in [5.41, 5.74) is 9.75. The van der Waals surface area contributed by atoms with E-state index in [1.807, 2.05) is 33.8 Å². The van der Waals surface area contributed by atoms with E-state index in [1.165, 1.54) is 0 Å². The first-order valence-corrected chi connectivity index (χ1v) is 7.27. The summed E-state index contributed by atoms with van der Waals surface area (Å²) < 4.78 is 1.70. The van der Waals surface area contributed by atoms with Crippen LogP contribution in [0.15, 0.2) is 6.07 Å². The van der Waals surface area contributed by atoms with Gasteiger partial charge in [0.15, 0.2) is 0 Å². The standard InChI is InChI=1S/C15H22N6O/c1-9-7-10(2)19-15(18-9)21-12(4)13(11(3)20-21)8-14(22)17-6-5-16/h7H,5-6,8,16H2,1-4H3,(H,17,22). The van der Waals surface area contributed by atoms with Crippen LogP contribution < -0.4 is 11.1 Å². The summed E-state index contributed by atoms with van der Waals surface area (Å²) in [6.07, 6.45) is 0.280. The van der Waals surface area contributed by atoms with Crippen molar-refractivity contribution in [3.05, 3.63) is 34.4 Å². The number of nitrogens with one attached hydrogen (secondary N) is 1. The maximum Gasteiger partial charge on any atom is 0.251 e. The van der Waals surface area contributed by atoms with Gasteiger partial charge in [0, 0.05) is 35.7 Å². The summed E-state index contributed by atoms with van der Waals surface area (Å²) in [7, 11) is 0. The van der Waals surface area contributed by atoms with Crippen LogP contribution in [-0.4, -0.2) is 38.7 Å². The first-order chi connectivity index (χ1) is 10.4. The Kier molecular flexibility index (Phi) is 4.87. The van der Waals surface area contributed by atoms with Crippen LogP contribution in [0, 0.1) is 27.7 Å². The minimum absolute atomic E-state index is 0.0578. The number of aromatic nitrogens is 4. The zero-order valence-corrected chi connectivity index (χ0v) is 13.5. The van der Waals surface area contributed by atoms with Crippen LogP contribution in [0.5, 0.6) is 0 Å². The molecule has 0 bridgehead atoms. The molecule has 2 rings (SSSR count). The van der Waals surface area contributed by atoms with E-state index in [4.69, 9.17) is 5.73 Å². The van der Waals surface area contributed by atoms with E-state index in [-0.39, 0.29) is 12.3 Å². The lowest BCUT2D eigenvalue weighted by atomic mass is 10.1. The number of nitrogens with zero attached hydrogens (tertiary/aromatic N) is 4. The van der Waals surface area contributed by atoms with Crippen LogP contribution in [0.3, 0.4) is 0 Å². The normalized spacial score (nSPS) is 10.8. The Balaban J connectivity index is 2.32. The molecular weight excluding hydrogens is 280 g/mol. The molecule has 3 N–H and O–H groups in total. The van der Waals surface area contributed by atoms with Gasteiger partial charge >= 0.3 is 0 Å². The summed E-state index contributed by atoms with van der Waals surface area (Å²) in [6.45, 7) is 8.56. The molecule has 0 aliphatic carbocycles. The molecule has 0 spiro atoms. The van der Waals surface area contributed by atoms with Crippen LogP contribution in [0.1, 0.15) is 28.3 Å². The predicted octanol–water partition coefficient (Wildman–Crippen LogP) is 0.513. The van der Waals surface area contributed by atoms with Crippen LogP contribution in [0.4, 0.5) is 0 Å². The van der Waals surface area contributed by atoms with E-state index in [1.54, 1.807) is 4.68 Å². The zero-order valence-electron chi connectivity index (χ0n) is 13.5. The lowest BCUT2D eigenvalue weighted by Gasteiger charge is -2.06. The molecule has 118 valence electrons. The molecule has 0 aliphatic rings. The third-order valence-corrected chi connectivity index (χ3v) is 3.40. The van der Waals surface area contributed by atoms with Crippen molar-refractivity contribution in [2.45, 2.75) is 34.1 Å². The van der Waals surface area contributed by atoms with Gasteiger partial charge in [-0.15, -0.1) is 0 Å². The second-order valence-electron chi connectivity index (χ2n) is 5.33. The molecule has 0 radical (unpaired) electrons. The second kappa shape index (κ2) is 6.65. The van der Waals surface area contributed by atoms with E-state index in [9.17, 15) is 4.79 Å². The molecule has 2 heterocycles. The fraction of sp³-hybridized carbons (Fsp3) is 0.467. The lowest BCUT2D eigenvalue weighted by molar-refractivity contribution is -0.120. The summed E-state index contributed by atoms with van der Waals surface area (Å²) >= 11 is 0. The SMILES string of the molecule is Cc1cc(C)nc(-n2nc(C)c(CC(=O)NCCN)c2C)n1. The van der Waals surface area contributed by atoms with E-state index in [2.05, 4.69) is 20.4 Å². The van der Waals surface area contributed by atoms with Gasteiger partial charge in [0.05, 0.1) is 12.1 Å². The molecule has 2 aromatic heterocycles. The fourth-order valence-electron chi connectivity index (χ4n) is 2.36. The predicted molar refractivity (Wildman–Crippen MR) is 83.9 cm³/mol. The van der Waals surface area contributed by atoms with Crippen molar-refractivity contribution >= 4 is 5.91 Å². The van der Waals surface area contributed by atoms with Gasteiger partial charge in [-0.05, 0) is 33.8 Å². The van der Waals surface area contributed by atoms with E-state index in [0.717, 1.165) is 28.3 Å². The molecule has 0 fully saturated rings. The molecule has 22 heavy (non-hydrogen) atoms. The van der Waals surface area contributed by atoms with Gasteiger partial charge in [-0.3, -0.25) is 4.79 Å². The maximum atomic E-state index is 11.9. The Hall–Kier alpha value is -2.28. The molecular formula is C15H22N6O. The van der Waals surface area contributed by atoms with Crippen molar-refractivity contribution in [2.24, 2.45) is 5.73 Å². The largest absolute Gasteiger partial charge is 0.355 e. The number of hydrogen-bond acceptors (Lipinski definition) is 5. The fourth-order valence-corrected chi connectivity index (χ4v) is 2.36. The first kappa shape index (κ1) is 16.1. The second-order valence-corrected chi connectivity index (χ2v) is 5.33. The van der Waals surface area contributed by atoms with Gasteiger partial charge in [0.2, 0.25) is 5.91 Å². The quantitative estimate of drug-likeness (QED) is 0.838. The number of nitrogens with two attached hydrogens (primary N) is 1. The zero-order chi connectivity index (χ0) is 16.3. The molecule has 7 heteroatoms. The van der Waals surface area contributed by atoms with Crippen LogP contribution in [0.2, 0.25) is 0 Å². The molecule has 2 aromatic rings. The van der Waals surface area contributed by atoms with Gasteiger partial charge in [-0.25, -0.2) is 14.6 Å². The number of rotatable bonds is 5. The summed E-state index contributed by atoms with van der Waals surface area (Å²) in [5, 5.41) is 7.25. The number of carbonyl (C=O) groups excluding carboxylic acids is 1. The molecule has 0 saturated heterocycles. The molecule has 7 nitrogen and oxygen atoms in total. The number of hydrogen-bond donors (Lipinski definition) is 2. The monoisotopic (exact) mass is 302 g/mol. The first-order valence-electron chi connectivity index (χ1n) is 7.27. The van der Waals surface area contributed by atoms with Crippen molar-refractivity contribution in [3.63, 3.8) is 0 Å².